The molecule has 0 fully saturated rings. The molecule has 2 N–H and O–H groups in total. The Hall–Kier alpha value is -8.08. The van der Waals surface area contributed by atoms with Gasteiger partial charge in [-0.3, -0.25) is 4.79 Å². The molecule has 0 radical (unpaired) electrons. The van der Waals surface area contributed by atoms with Crippen LogP contribution in [0.4, 0.5) is 34.1 Å². The average Bonchev–Trinajstić information content (AvgIpc) is 3.24. The molecule has 0 aliphatic carbocycles. The van der Waals surface area contributed by atoms with Gasteiger partial charge in [-0.25, -0.2) is 9.64 Å². The second-order valence-electron chi connectivity index (χ2n) is 12.3. The zero-order valence-corrected chi connectivity index (χ0v) is 30.3. The van der Waals surface area contributed by atoms with E-state index in [1.54, 1.807) is 44.6 Å². The van der Waals surface area contributed by atoms with Crippen LogP contribution in [0.3, 0.4) is 0 Å². The number of ether oxygens (including phenoxy) is 2. The molecular formula is C46H34N4O6. The number of benzene rings is 6. The van der Waals surface area contributed by atoms with Gasteiger partial charge in [0.1, 0.15) is 23.1 Å². The molecule has 0 saturated heterocycles. The van der Waals surface area contributed by atoms with Gasteiger partial charge >= 0.3 is 11.9 Å². The maximum Gasteiger partial charge on any atom is 0.346 e. The monoisotopic (exact) mass is 738 g/mol. The van der Waals surface area contributed by atoms with E-state index in [9.17, 15) is 25.1 Å². The van der Waals surface area contributed by atoms with Gasteiger partial charge < -0.3 is 29.5 Å². The zero-order valence-electron chi connectivity index (χ0n) is 30.3. The fourth-order valence-electron chi connectivity index (χ4n) is 6.01. The van der Waals surface area contributed by atoms with Crippen LogP contribution in [0.15, 0.2) is 157 Å². The first-order chi connectivity index (χ1) is 27.2. The van der Waals surface area contributed by atoms with E-state index in [0.717, 1.165) is 56.8 Å². The number of anilines is 6. The van der Waals surface area contributed by atoms with E-state index in [0.29, 0.717) is 11.1 Å². The van der Waals surface area contributed by atoms with Crippen LogP contribution < -0.4 is 19.3 Å². The number of aliphatic carboxylic acids is 2. The minimum atomic E-state index is -1.31. The maximum absolute atomic E-state index is 11.4. The molecule has 56 heavy (non-hydrogen) atoms. The highest BCUT2D eigenvalue weighted by molar-refractivity contribution is 5.96. The lowest BCUT2D eigenvalue weighted by atomic mass is 10.0. The van der Waals surface area contributed by atoms with Gasteiger partial charge in [0.15, 0.2) is 0 Å². The lowest BCUT2D eigenvalue weighted by Crippen LogP contribution is -2.10. The SMILES string of the molecule is [C-]#[N+]/C(=C\c1ccc(N(c2ccc(/C=C(\C#N)C(=O)O)cc2)c2ccc(-c3ccc(N(c4ccc(OC)cc4)c4ccc(OC)cc4)cc3)cc2)cc1)C(=O)O. The maximum atomic E-state index is 11.4. The van der Waals surface area contributed by atoms with Crippen LogP contribution >= 0.6 is 0 Å². The Kier molecular flexibility index (Phi) is 11.5. The number of hydrogen-bond acceptors (Lipinski definition) is 7. The van der Waals surface area contributed by atoms with Crippen LogP contribution in [0.2, 0.25) is 0 Å². The second-order valence-corrected chi connectivity index (χ2v) is 12.3. The zero-order chi connectivity index (χ0) is 39.6. The number of carbonyl (C=O) groups is 2. The Morgan fingerprint density at radius 2 is 0.875 bits per heavy atom. The molecule has 0 aliphatic heterocycles. The number of hydrogen-bond donors (Lipinski definition) is 2. The number of carboxylic acids is 2. The summed E-state index contributed by atoms with van der Waals surface area (Å²) in [5.74, 6) is -1.08. The van der Waals surface area contributed by atoms with Crippen LogP contribution in [0.1, 0.15) is 11.1 Å². The molecule has 6 aromatic carbocycles. The predicted octanol–water partition coefficient (Wildman–Crippen LogP) is 10.6. The summed E-state index contributed by atoms with van der Waals surface area (Å²) in [6, 6.07) is 48.0. The summed E-state index contributed by atoms with van der Waals surface area (Å²) >= 11 is 0. The minimum absolute atomic E-state index is 0.379. The molecule has 0 amide bonds. The summed E-state index contributed by atoms with van der Waals surface area (Å²) in [6.45, 7) is 7.18. The highest BCUT2D eigenvalue weighted by Gasteiger charge is 2.16. The molecule has 6 aromatic rings. The number of rotatable bonds is 13. The molecule has 0 aromatic heterocycles. The van der Waals surface area contributed by atoms with Gasteiger partial charge in [-0.15, -0.1) is 0 Å². The van der Waals surface area contributed by atoms with Gasteiger partial charge in [0.2, 0.25) is 0 Å². The summed E-state index contributed by atoms with van der Waals surface area (Å²) in [5.41, 5.74) is 7.52. The van der Waals surface area contributed by atoms with E-state index in [-0.39, 0.29) is 5.57 Å². The second kappa shape index (κ2) is 17.2. The smallest absolute Gasteiger partial charge is 0.346 e. The first kappa shape index (κ1) is 37.7. The summed E-state index contributed by atoms with van der Waals surface area (Å²) in [6.07, 6.45) is 2.62. The van der Waals surface area contributed by atoms with Crippen molar-refractivity contribution in [3.05, 3.63) is 179 Å². The fraction of sp³-hybridized carbons (Fsp3) is 0.0435. The summed E-state index contributed by atoms with van der Waals surface area (Å²) < 4.78 is 10.8. The Labute approximate surface area is 324 Å². The van der Waals surface area contributed by atoms with E-state index < -0.39 is 17.6 Å². The third kappa shape index (κ3) is 8.58. The van der Waals surface area contributed by atoms with Crippen molar-refractivity contribution in [3.8, 4) is 28.7 Å². The van der Waals surface area contributed by atoms with Gasteiger partial charge in [0.25, 0.3) is 5.70 Å². The Morgan fingerprint density at radius 3 is 1.16 bits per heavy atom. The van der Waals surface area contributed by atoms with Crippen molar-refractivity contribution in [2.24, 2.45) is 0 Å². The predicted molar refractivity (Wildman–Crippen MR) is 218 cm³/mol. The number of nitriles is 1. The molecule has 0 bridgehead atoms. The van der Waals surface area contributed by atoms with Gasteiger partial charge in [0.05, 0.1) is 20.8 Å². The first-order valence-corrected chi connectivity index (χ1v) is 17.2. The fourth-order valence-corrected chi connectivity index (χ4v) is 6.01. The molecule has 0 unspecified atom stereocenters. The molecule has 10 heteroatoms. The minimum Gasteiger partial charge on any atom is -0.497 e. The van der Waals surface area contributed by atoms with Gasteiger partial charge in [-0.1, -0.05) is 48.5 Å². The average molecular weight is 739 g/mol. The Morgan fingerprint density at radius 1 is 0.554 bits per heavy atom. The van der Waals surface area contributed by atoms with Crippen LogP contribution in [0.5, 0.6) is 11.5 Å². The quantitative estimate of drug-likeness (QED) is 0.0676. The van der Waals surface area contributed by atoms with Crippen LogP contribution in [0, 0.1) is 17.9 Å². The molecule has 0 aliphatic rings. The lowest BCUT2D eigenvalue weighted by Gasteiger charge is -2.26. The Balaban J connectivity index is 1.33. The molecule has 0 spiro atoms. The number of nitrogens with zero attached hydrogens (tertiary/aromatic N) is 4. The van der Waals surface area contributed by atoms with Gasteiger partial charge in [-0.05, 0) is 131 Å². The van der Waals surface area contributed by atoms with Crippen molar-refractivity contribution >= 4 is 58.2 Å². The molecule has 0 atom stereocenters. The molecule has 0 saturated carbocycles. The summed E-state index contributed by atoms with van der Waals surface area (Å²) in [4.78, 5) is 30.1. The number of carboxylic acid groups (broad SMARTS) is 2. The van der Waals surface area contributed by atoms with Crippen LogP contribution in [-0.4, -0.2) is 36.4 Å². The van der Waals surface area contributed by atoms with E-state index in [4.69, 9.17) is 16.0 Å². The largest absolute Gasteiger partial charge is 0.497 e. The summed E-state index contributed by atoms with van der Waals surface area (Å²) in [5, 5.41) is 27.8. The van der Waals surface area contributed by atoms with Gasteiger partial charge in [-0.2, -0.15) is 5.26 Å². The van der Waals surface area contributed by atoms with Crippen molar-refractivity contribution in [3.63, 3.8) is 0 Å². The van der Waals surface area contributed by atoms with Gasteiger partial charge in [0, 0.05) is 34.1 Å². The van der Waals surface area contributed by atoms with Crippen molar-refractivity contribution in [1.29, 1.82) is 5.26 Å². The van der Waals surface area contributed by atoms with Crippen molar-refractivity contribution in [2.45, 2.75) is 0 Å². The van der Waals surface area contributed by atoms with Crippen LogP contribution in [-0.2, 0) is 9.59 Å². The van der Waals surface area contributed by atoms with Crippen molar-refractivity contribution in [1.82, 2.24) is 0 Å². The summed E-state index contributed by atoms with van der Waals surface area (Å²) in [7, 11) is 3.28. The molecule has 274 valence electrons. The van der Waals surface area contributed by atoms with E-state index >= 15 is 0 Å². The molecule has 6 rings (SSSR count). The highest BCUT2D eigenvalue weighted by atomic mass is 16.5. The Bertz CT molecular complexity index is 2350. The highest BCUT2D eigenvalue weighted by Crippen LogP contribution is 2.39. The van der Waals surface area contributed by atoms with Crippen molar-refractivity contribution in [2.75, 3.05) is 24.0 Å². The van der Waals surface area contributed by atoms with E-state index in [1.165, 1.54) is 12.2 Å². The third-order valence-electron chi connectivity index (χ3n) is 8.85. The number of methoxy groups -OCH3 is 2. The molecular weight excluding hydrogens is 705 g/mol. The van der Waals surface area contributed by atoms with Crippen molar-refractivity contribution < 1.29 is 29.3 Å². The topological polar surface area (TPSA) is 128 Å². The lowest BCUT2D eigenvalue weighted by molar-refractivity contribution is -0.133. The molecule has 0 heterocycles. The normalized spacial score (nSPS) is 11.1. The van der Waals surface area contributed by atoms with E-state index in [2.05, 4.69) is 34.0 Å². The van der Waals surface area contributed by atoms with Crippen LogP contribution in [0.25, 0.3) is 28.1 Å². The first-order valence-electron chi connectivity index (χ1n) is 17.2. The molecule has 10 nitrogen and oxygen atoms in total. The van der Waals surface area contributed by atoms with E-state index in [1.807, 2.05) is 102 Å². The third-order valence-corrected chi connectivity index (χ3v) is 8.85. The standard InChI is InChI=1S/C46H34N4O6/c1-48-44(46(53)54)29-32-6-14-37(15-7-32)49(36-12-4-31(5-13-36)28-35(30-47)45(51)52)38-16-8-33(9-17-38)34-10-18-39(19-11-34)50(40-20-24-42(55-2)25-21-40)41-22-26-43(56-3)27-23-41/h4-29H,2-3H3,(H,51,52)(H,53,54)/b35-28+,44-29-.